The zero-order chi connectivity index (χ0) is 39.7. The van der Waals surface area contributed by atoms with Gasteiger partial charge in [0.1, 0.15) is 42.1 Å². The maximum Gasteiger partial charge on any atom is 0.328 e. The molecule has 2 saturated carbocycles. The number of Topliss-reactive ketones (excluding diaryl/α,β-unsaturated/α-hetero) is 1. The number of nitrogens with one attached hydrogen (secondary N) is 3. The molecule has 1 spiro atoms. The Bertz CT molecular complexity index is 1640. The fourth-order valence-electron chi connectivity index (χ4n) is 8.65. The number of fused-ring (bicyclic) bond motifs is 2. The number of unbranched alkanes of at least 4 members (excludes halogenated alkanes) is 2. The summed E-state index contributed by atoms with van der Waals surface area (Å²) in [6.07, 6.45) is 10.6. The SMILES string of the molecule is CCCCC=CC(=O)N[C@@H](Cc1cccc(F)c1)C(=O)N[C@H]1COC(=O)[C@@H]2CCCN2C(=O)[C@H](C)NC(=O)C2(CCCCC2)N(C)C(=O)[C@@H]2CCCC2C1=O. The van der Waals surface area contributed by atoms with Crippen molar-refractivity contribution in [2.75, 3.05) is 20.2 Å². The summed E-state index contributed by atoms with van der Waals surface area (Å²) in [5.74, 6) is -6.01. The van der Waals surface area contributed by atoms with Crippen molar-refractivity contribution < 1.29 is 42.7 Å². The molecule has 13 nitrogen and oxygen atoms in total. The highest BCUT2D eigenvalue weighted by Gasteiger charge is 2.51. The summed E-state index contributed by atoms with van der Waals surface area (Å²) >= 11 is 0. The minimum absolute atomic E-state index is 0.102. The molecule has 4 fully saturated rings. The lowest BCUT2D eigenvalue weighted by molar-refractivity contribution is -0.158. The van der Waals surface area contributed by atoms with Gasteiger partial charge >= 0.3 is 5.97 Å². The highest BCUT2D eigenvalue weighted by atomic mass is 19.1. The van der Waals surface area contributed by atoms with Gasteiger partial charge in [-0.15, -0.1) is 0 Å². The van der Waals surface area contributed by atoms with Crippen LogP contribution in [-0.2, 0) is 44.7 Å². The van der Waals surface area contributed by atoms with E-state index in [1.807, 2.05) is 6.92 Å². The summed E-state index contributed by atoms with van der Waals surface area (Å²) in [4.78, 5) is 100. The molecular weight excluding hydrogens is 709 g/mol. The number of amides is 5. The highest BCUT2D eigenvalue weighted by molar-refractivity contribution is 6.00. The molecular formula is C41H56FN5O8. The van der Waals surface area contributed by atoms with Crippen LogP contribution in [0.3, 0.4) is 0 Å². The lowest BCUT2D eigenvalue weighted by Gasteiger charge is -2.45. The summed E-state index contributed by atoms with van der Waals surface area (Å²) in [7, 11) is 1.59. The standard InChI is InChI=1S/C41H56FN5O8/c1-4-5-6-8-19-34(48)44-31(24-27-14-11-15-28(42)23-27)36(50)45-32-25-55-39(53)33-18-13-22-47(33)37(51)26(2)43-40(54)41(20-9-7-10-21-41)46(3)38(52)30-17-12-16-29(30)35(32)49/h8,11,14-15,19,23,26,29-33H,4-7,9-10,12-13,16-18,20-22,24-25H2,1-3H3,(H,43,54)(H,44,48)(H,45,50)/t26-,29?,30+,31-,32-,33-/m0/s1. The third-order valence-electron chi connectivity index (χ3n) is 11.8. The van der Waals surface area contributed by atoms with E-state index in [4.69, 9.17) is 4.74 Å². The number of esters is 1. The molecule has 3 N–H and O–H groups in total. The van der Waals surface area contributed by atoms with Crippen LogP contribution in [0.15, 0.2) is 36.4 Å². The Labute approximate surface area is 322 Å². The average molecular weight is 766 g/mol. The van der Waals surface area contributed by atoms with Gasteiger partial charge in [-0.3, -0.25) is 28.8 Å². The van der Waals surface area contributed by atoms with Gasteiger partial charge in [-0.05, 0) is 75.6 Å². The van der Waals surface area contributed by atoms with E-state index in [2.05, 4.69) is 16.0 Å². The second-order valence-electron chi connectivity index (χ2n) is 15.6. The van der Waals surface area contributed by atoms with E-state index in [-0.39, 0.29) is 18.9 Å². The first-order valence-electron chi connectivity index (χ1n) is 20.0. The molecule has 4 aliphatic rings. The van der Waals surface area contributed by atoms with Crippen LogP contribution in [0.2, 0.25) is 0 Å². The van der Waals surface area contributed by atoms with E-state index in [1.165, 1.54) is 34.1 Å². The molecule has 1 aromatic carbocycles. The van der Waals surface area contributed by atoms with E-state index >= 15 is 0 Å². The number of carbonyl (C=O) groups is 7. The van der Waals surface area contributed by atoms with Gasteiger partial charge in [0.05, 0.1) is 0 Å². The first-order chi connectivity index (χ1) is 26.4. The maximum absolute atomic E-state index is 14.6. The van der Waals surface area contributed by atoms with Crippen molar-refractivity contribution in [1.29, 1.82) is 0 Å². The van der Waals surface area contributed by atoms with E-state index < -0.39 is 89.3 Å². The lowest BCUT2D eigenvalue weighted by atomic mass is 9.78. The molecule has 2 aliphatic heterocycles. The molecule has 0 aromatic heterocycles. The van der Waals surface area contributed by atoms with Gasteiger partial charge in [-0.1, -0.05) is 63.7 Å². The minimum Gasteiger partial charge on any atom is -0.461 e. The van der Waals surface area contributed by atoms with Crippen molar-refractivity contribution >= 4 is 41.3 Å². The van der Waals surface area contributed by atoms with Gasteiger partial charge in [-0.25, -0.2) is 9.18 Å². The lowest BCUT2D eigenvalue weighted by Crippen LogP contribution is -2.64. The Morgan fingerprint density at radius 1 is 1.02 bits per heavy atom. The van der Waals surface area contributed by atoms with E-state index in [9.17, 15) is 38.0 Å². The van der Waals surface area contributed by atoms with Crippen LogP contribution in [0.25, 0.3) is 0 Å². The van der Waals surface area contributed by atoms with Crippen LogP contribution in [0.4, 0.5) is 4.39 Å². The zero-order valence-electron chi connectivity index (χ0n) is 32.3. The average Bonchev–Trinajstić information content (AvgIpc) is 3.87. The number of cyclic esters (lactones) is 1. The normalized spacial score (nSPS) is 27.1. The smallest absolute Gasteiger partial charge is 0.328 e. The van der Waals surface area contributed by atoms with E-state index in [0.717, 1.165) is 19.3 Å². The largest absolute Gasteiger partial charge is 0.461 e. The van der Waals surface area contributed by atoms with Crippen molar-refractivity contribution in [3.8, 4) is 0 Å². The Morgan fingerprint density at radius 3 is 2.49 bits per heavy atom. The van der Waals surface area contributed by atoms with E-state index in [0.29, 0.717) is 69.8 Å². The first kappa shape index (κ1) is 41.5. The predicted molar refractivity (Wildman–Crippen MR) is 200 cm³/mol. The van der Waals surface area contributed by atoms with Gasteiger partial charge in [-0.2, -0.15) is 0 Å². The molecule has 0 radical (unpaired) electrons. The molecule has 6 atom stereocenters. The number of halogens is 1. The molecule has 55 heavy (non-hydrogen) atoms. The first-order valence-corrected chi connectivity index (χ1v) is 20.0. The van der Waals surface area contributed by atoms with Crippen molar-refractivity contribution in [2.45, 2.75) is 133 Å². The number of hydrogen-bond donors (Lipinski definition) is 3. The molecule has 300 valence electrons. The number of rotatable bonds is 9. The molecule has 1 aromatic rings. The number of carbonyl (C=O) groups excluding carboxylic acids is 7. The maximum atomic E-state index is 14.6. The van der Waals surface area contributed by atoms with Crippen LogP contribution in [0, 0.1) is 17.7 Å². The number of allylic oxidation sites excluding steroid dienone is 1. The third kappa shape index (κ3) is 9.80. The summed E-state index contributed by atoms with van der Waals surface area (Å²) in [6.45, 7) is 3.29. The van der Waals surface area contributed by atoms with Crippen LogP contribution >= 0.6 is 0 Å². The van der Waals surface area contributed by atoms with Gasteiger partial charge in [0.2, 0.25) is 29.5 Å². The van der Waals surface area contributed by atoms with Crippen LogP contribution in [-0.4, -0.2) is 101 Å². The number of hydrogen-bond acceptors (Lipinski definition) is 8. The quantitative estimate of drug-likeness (QED) is 0.195. The van der Waals surface area contributed by atoms with Crippen LogP contribution < -0.4 is 16.0 Å². The molecule has 5 rings (SSSR count). The molecule has 5 amide bonds. The number of benzene rings is 1. The monoisotopic (exact) mass is 765 g/mol. The number of likely N-dealkylation sites (N-methyl/N-ethyl adjacent to an activating group) is 1. The molecule has 1 unspecified atom stereocenters. The molecule has 2 aliphatic carbocycles. The molecule has 14 heteroatoms. The van der Waals surface area contributed by atoms with Crippen molar-refractivity contribution in [2.24, 2.45) is 11.8 Å². The van der Waals surface area contributed by atoms with E-state index in [1.54, 1.807) is 26.1 Å². The zero-order valence-corrected chi connectivity index (χ0v) is 32.3. The van der Waals surface area contributed by atoms with Gasteiger partial charge in [0.25, 0.3) is 0 Å². The summed E-state index contributed by atoms with van der Waals surface area (Å²) in [5, 5.41) is 8.27. The van der Waals surface area contributed by atoms with Gasteiger partial charge < -0.3 is 30.5 Å². The molecule has 0 bridgehead atoms. The molecule has 2 saturated heterocycles. The Morgan fingerprint density at radius 2 is 1.76 bits per heavy atom. The fraction of sp³-hybridized carbons (Fsp3) is 0.634. The second kappa shape index (κ2) is 18.8. The molecule has 2 heterocycles. The van der Waals surface area contributed by atoms with Crippen LogP contribution in [0.1, 0.15) is 103 Å². The second-order valence-corrected chi connectivity index (χ2v) is 15.6. The predicted octanol–water partition coefficient (Wildman–Crippen LogP) is 3.28. The fourth-order valence-corrected chi connectivity index (χ4v) is 8.65. The Hall–Kier alpha value is -4.62. The number of nitrogens with zero attached hydrogens (tertiary/aromatic N) is 2. The number of ether oxygens (including phenoxy) is 1. The van der Waals surface area contributed by atoms with Crippen molar-refractivity contribution in [3.63, 3.8) is 0 Å². The highest BCUT2D eigenvalue weighted by Crippen LogP contribution is 2.39. The Balaban J connectivity index is 1.47. The van der Waals surface area contributed by atoms with Crippen molar-refractivity contribution in [3.05, 3.63) is 47.8 Å². The summed E-state index contributed by atoms with van der Waals surface area (Å²) in [6, 6.07) is 1.04. The minimum atomic E-state index is -1.41. The van der Waals surface area contributed by atoms with Crippen molar-refractivity contribution in [1.82, 2.24) is 25.8 Å². The topological polar surface area (TPSA) is 171 Å². The van der Waals surface area contributed by atoms with Gasteiger partial charge in [0, 0.05) is 31.8 Å². The van der Waals surface area contributed by atoms with Gasteiger partial charge in [0.15, 0.2) is 5.78 Å². The Kier molecular flexibility index (Phi) is 14.2. The third-order valence-corrected chi connectivity index (χ3v) is 11.8. The summed E-state index contributed by atoms with van der Waals surface area (Å²) < 4.78 is 19.9. The number of ketones is 1. The van der Waals surface area contributed by atoms with Crippen LogP contribution in [0.5, 0.6) is 0 Å². The summed E-state index contributed by atoms with van der Waals surface area (Å²) in [5.41, 5.74) is -0.793.